The molecule has 1 amide bonds. The van der Waals surface area contributed by atoms with Crippen LogP contribution >= 0.6 is 11.3 Å². The molecule has 0 radical (unpaired) electrons. The average Bonchev–Trinajstić information content (AvgIpc) is 2.85. The van der Waals surface area contributed by atoms with Crippen LogP contribution in [0.4, 0.5) is 0 Å². The quantitative estimate of drug-likeness (QED) is 0.821. The topological polar surface area (TPSA) is 49.3 Å². The molecule has 0 saturated heterocycles. The molecule has 0 aliphatic heterocycles. The van der Waals surface area contributed by atoms with Crippen molar-refractivity contribution >= 4 is 17.2 Å². The van der Waals surface area contributed by atoms with Gasteiger partial charge in [-0.1, -0.05) is 25.7 Å². The molecule has 0 aliphatic carbocycles. The van der Waals surface area contributed by atoms with Gasteiger partial charge in [0, 0.05) is 5.54 Å². The molecule has 4 heteroatoms. The van der Waals surface area contributed by atoms with Gasteiger partial charge in [-0.15, -0.1) is 11.3 Å². The number of amides is 1. The van der Waals surface area contributed by atoms with Gasteiger partial charge in [-0.25, -0.2) is 0 Å². The van der Waals surface area contributed by atoms with Gasteiger partial charge in [0.2, 0.25) is 0 Å². The van der Waals surface area contributed by atoms with Crippen LogP contribution in [0.15, 0.2) is 12.1 Å². The van der Waals surface area contributed by atoms with Crippen molar-refractivity contribution in [2.24, 2.45) is 0 Å². The third-order valence-corrected chi connectivity index (χ3v) is 4.10. The zero-order valence-electron chi connectivity index (χ0n) is 11.0. The molecule has 0 atom stereocenters. The Morgan fingerprint density at radius 2 is 2.11 bits per heavy atom. The highest BCUT2D eigenvalue weighted by atomic mass is 32.1. The number of aliphatic hydroxyl groups is 1. The number of rotatable bonds is 4. The maximum absolute atomic E-state index is 12.1. The number of carbonyl (C=O) groups excluding carboxylic acids is 1. The monoisotopic (exact) mass is 265 g/mol. The first-order chi connectivity index (χ1) is 8.54. The molecule has 0 fully saturated rings. The molecule has 18 heavy (non-hydrogen) atoms. The minimum Gasteiger partial charge on any atom is -0.384 e. The summed E-state index contributed by atoms with van der Waals surface area (Å²) in [4.78, 5) is 13.5. The lowest BCUT2D eigenvalue weighted by atomic mass is 9.95. The first-order valence-corrected chi connectivity index (χ1v) is 6.88. The molecule has 0 saturated carbocycles. The van der Waals surface area contributed by atoms with E-state index in [-0.39, 0.29) is 18.1 Å². The van der Waals surface area contributed by atoms with Crippen molar-refractivity contribution < 1.29 is 9.90 Å². The van der Waals surface area contributed by atoms with E-state index in [2.05, 4.69) is 31.0 Å². The third-order valence-electron chi connectivity index (χ3n) is 3.10. The second-order valence-corrected chi connectivity index (χ2v) is 5.43. The molecular weight excluding hydrogens is 246 g/mol. The lowest BCUT2D eigenvalue weighted by Gasteiger charge is -2.27. The van der Waals surface area contributed by atoms with E-state index in [1.807, 2.05) is 6.92 Å². The van der Waals surface area contributed by atoms with Crippen molar-refractivity contribution in [3.8, 4) is 11.8 Å². The lowest BCUT2D eigenvalue weighted by Crippen LogP contribution is -2.44. The number of carbonyl (C=O) groups is 1. The molecule has 1 rings (SSSR count). The highest BCUT2D eigenvalue weighted by molar-refractivity contribution is 7.14. The maximum atomic E-state index is 12.1. The van der Waals surface area contributed by atoms with Crippen LogP contribution in [0.3, 0.4) is 0 Å². The number of thiophene rings is 1. The number of hydrogen-bond acceptors (Lipinski definition) is 3. The van der Waals surface area contributed by atoms with Crippen molar-refractivity contribution in [1.29, 1.82) is 0 Å². The van der Waals surface area contributed by atoms with Gasteiger partial charge in [0.05, 0.1) is 9.75 Å². The van der Waals surface area contributed by atoms with Crippen LogP contribution in [0.2, 0.25) is 0 Å². The van der Waals surface area contributed by atoms with Crippen LogP contribution in [0, 0.1) is 11.8 Å². The second kappa shape index (κ2) is 6.58. The first kappa shape index (κ1) is 14.7. The second-order valence-electron chi connectivity index (χ2n) is 4.35. The highest BCUT2D eigenvalue weighted by Gasteiger charge is 2.23. The van der Waals surface area contributed by atoms with Gasteiger partial charge in [-0.2, -0.15) is 0 Å². The summed E-state index contributed by atoms with van der Waals surface area (Å²) in [6, 6.07) is 3.57. The Labute approximate surface area is 112 Å². The smallest absolute Gasteiger partial charge is 0.261 e. The van der Waals surface area contributed by atoms with Crippen LogP contribution < -0.4 is 5.32 Å². The van der Waals surface area contributed by atoms with E-state index in [0.29, 0.717) is 4.88 Å². The van der Waals surface area contributed by atoms with Gasteiger partial charge in [0.1, 0.15) is 6.61 Å². The van der Waals surface area contributed by atoms with E-state index < -0.39 is 0 Å². The Morgan fingerprint density at radius 3 is 2.67 bits per heavy atom. The van der Waals surface area contributed by atoms with E-state index in [1.54, 1.807) is 12.1 Å². The number of aliphatic hydroxyl groups excluding tert-OH is 1. The van der Waals surface area contributed by atoms with Crippen molar-refractivity contribution in [3.05, 3.63) is 21.9 Å². The molecule has 98 valence electrons. The van der Waals surface area contributed by atoms with Crippen LogP contribution in [0.25, 0.3) is 0 Å². The summed E-state index contributed by atoms with van der Waals surface area (Å²) in [6.07, 6.45) is 1.80. The summed E-state index contributed by atoms with van der Waals surface area (Å²) in [7, 11) is 0. The Kier molecular flexibility index (Phi) is 5.39. The summed E-state index contributed by atoms with van der Waals surface area (Å²) < 4.78 is 0. The van der Waals surface area contributed by atoms with Crippen molar-refractivity contribution in [2.75, 3.05) is 6.61 Å². The SMILES string of the molecule is CCC(C)(CC)NC(=O)c1ccc(C#CCO)s1. The van der Waals surface area contributed by atoms with Gasteiger partial charge in [-0.05, 0) is 31.9 Å². The fourth-order valence-electron chi connectivity index (χ4n) is 1.42. The summed E-state index contributed by atoms with van der Waals surface area (Å²) in [5, 5.41) is 11.7. The predicted molar refractivity (Wildman–Crippen MR) is 74.7 cm³/mol. The fraction of sp³-hybridized carbons (Fsp3) is 0.500. The highest BCUT2D eigenvalue weighted by Crippen LogP contribution is 2.19. The predicted octanol–water partition coefficient (Wildman–Crippen LogP) is 2.40. The summed E-state index contributed by atoms with van der Waals surface area (Å²) in [6.45, 7) is 6.01. The first-order valence-electron chi connectivity index (χ1n) is 6.06. The largest absolute Gasteiger partial charge is 0.384 e. The van der Waals surface area contributed by atoms with Crippen LogP contribution in [-0.4, -0.2) is 23.2 Å². The van der Waals surface area contributed by atoms with Crippen molar-refractivity contribution in [2.45, 2.75) is 39.2 Å². The Bertz CT molecular complexity index is 464. The standard InChI is InChI=1S/C14H19NO2S/c1-4-14(3,5-2)15-13(17)12-9-8-11(18-12)7-6-10-16/h8-9,16H,4-5,10H2,1-3H3,(H,15,17). The molecule has 3 nitrogen and oxygen atoms in total. The van der Waals surface area contributed by atoms with Gasteiger partial charge >= 0.3 is 0 Å². The minimum atomic E-state index is -0.164. The third kappa shape index (κ3) is 3.86. The summed E-state index contributed by atoms with van der Waals surface area (Å²) >= 11 is 1.35. The Morgan fingerprint density at radius 1 is 1.44 bits per heavy atom. The fourth-order valence-corrected chi connectivity index (χ4v) is 2.19. The van der Waals surface area contributed by atoms with E-state index >= 15 is 0 Å². The van der Waals surface area contributed by atoms with Gasteiger partial charge in [0.25, 0.3) is 5.91 Å². The minimum absolute atomic E-state index is 0.0525. The van der Waals surface area contributed by atoms with E-state index in [1.165, 1.54) is 11.3 Å². The summed E-state index contributed by atoms with van der Waals surface area (Å²) in [5.41, 5.74) is -0.155. The molecular formula is C14H19NO2S. The van der Waals surface area contributed by atoms with Crippen molar-refractivity contribution in [1.82, 2.24) is 5.32 Å². The van der Waals surface area contributed by atoms with E-state index in [4.69, 9.17) is 5.11 Å². The van der Waals surface area contributed by atoms with Gasteiger partial charge in [-0.3, -0.25) is 4.79 Å². The zero-order valence-corrected chi connectivity index (χ0v) is 11.9. The number of hydrogen-bond donors (Lipinski definition) is 2. The molecule has 1 heterocycles. The Balaban J connectivity index is 2.76. The van der Waals surface area contributed by atoms with Crippen LogP contribution in [0.1, 0.15) is 48.2 Å². The molecule has 0 spiro atoms. The molecule has 0 aliphatic rings. The Hall–Kier alpha value is -1.31. The lowest BCUT2D eigenvalue weighted by molar-refractivity contribution is 0.0905. The molecule has 2 N–H and O–H groups in total. The number of nitrogens with one attached hydrogen (secondary N) is 1. The maximum Gasteiger partial charge on any atom is 0.261 e. The molecule has 1 aromatic rings. The van der Waals surface area contributed by atoms with Crippen LogP contribution in [0.5, 0.6) is 0 Å². The molecule has 1 aromatic heterocycles. The summed E-state index contributed by atoms with van der Waals surface area (Å²) in [5.74, 6) is 5.32. The average molecular weight is 265 g/mol. The van der Waals surface area contributed by atoms with E-state index in [0.717, 1.165) is 17.7 Å². The van der Waals surface area contributed by atoms with Gasteiger partial charge in [0.15, 0.2) is 0 Å². The molecule has 0 aromatic carbocycles. The molecule has 0 bridgehead atoms. The molecule has 0 unspecified atom stereocenters. The van der Waals surface area contributed by atoms with Gasteiger partial charge < -0.3 is 10.4 Å². The van der Waals surface area contributed by atoms with Crippen molar-refractivity contribution in [3.63, 3.8) is 0 Å². The zero-order chi connectivity index (χ0) is 13.6. The normalized spacial score (nSPS) is 10.7. The van der Waals surface area contributed by atoms with Crippen LogP contribution in [-0.2, 0) is 0 Å². The van der Waals surface area contributed by atoms with E-state index in [9.17, 15) is 4.79 Å².